The maximum absolute atomic E-state index is 13.9. The molecule has 11 nitrogen and oxygen atoms in total. The number of halogens is 3. The number of aromatic nitrogens is 5. The fourth-order valence-electron chi connectivity index (χ4n) is 6.35. The number of nitrogens with one attached hydrogen (secondary N) is 1. The summed E-state index contributed by atoms with van der Waals surface area (Å²) in [7, 11) is 6.12. The molecule has 0 aliphatic carbocycles. The molecule has 0 atom stereocenters. The highest BCUT2D eigenvalue weighted by Crippen LogP contribution is 2.33. The predicted octanol–water partition coefficient (Wildman–Crippen LogP) is 7.72. The van der Waals surface area contributed by atoms with Gasteiger partial charge in [-0.1, -0.05) is 36.4 Å². The molecule has 1 N–H and O–H groups in total. The fraction of sp³-hybridized carbons (Fsp3) is 0.200. The van der Waals surface area contributed by atoms with Crippen LogP contribution in [0.1, 0.15) is 22.4 Å². The Kier molecular flexibility index (Phi) is 9.83. The Bertz CT molecular complexity index is 2430. The van der Waals surface area contributed by atoms with E-state index in [0.29, 0.717) is 60.1 Å². The molecule has 54 heavy (non-hydrogen) atoms. The van der Waals surface area contributed by atoms with Crippen LogP contribution in [0.15, 0.2) is 108 Å². The zero-order valence-corrected chi connectivity index (χ0v) is 29.9. The first kappa shape index (κ1) is 35.8. The summed E-state index contributed by atoms with van der Waals surface area (Å²) in [5.74, 6) is 3.11. The van der Waals surface area contributed by atoms with Crippen LogP contribution in [0.3, 0.4) is 0 Å². The Morgan fingerprint density at radius 1 is 0.741 bits per heavy atom. The largest absolute Gasteiger partial charge is 0.497 e. The van der Waals surface area contributed by atoms with Gasteiger partial charge in [0.15, 0.2) is 22.4 Å². The van der Waals surface area contributed by atoms with Crippen LogP contribution >= 0.6 is 0 Å². The number of fused-ring (bicyclic) bond motifs is 2. The van der Waals surface area contributed by atoms with E-state index in [2.05, 4.69) is 15.2 Å². The number of alkyl halides is 3. The molecular formula is C40H36F3N7O4. The molecule has 276 valence electrons. The van der Waals surface area contributed by atoms with Gasteiger partial charge in [-0.15, -0.1) is 0 Å². The summed E-state index contributed by atoms with van der Waals surface area (Å²) < 4.78 is 60.5. The minimum atomic E-state index is -4.71. The van der Waals surface area contributed by atoms with Crippen LogP contribution in [0.4, 0.5) is 30.6 Å². The van der Waals surface area contributed by atoms with Crippen molar-refractivity contribution in [1.82, 2.24) is 24.1 Å². The second-order valence-electron chi connectivity index (χ2n) is 12.6. The number of hydrogen-bond donors (Lipinski definition) is 1. The summed E-state index contributed by atoms with van der Waals surface area (Å²) in [6, 6.07) is 28.4. The summed E-state index contributed by atoms with van der Waals surface area (Å²) in [5, 5.41) is 3.47. The molecule has 0 unspecified atom stereocenters. The van der Waals surface area contributed by atoms with E-state index in [4.69, 9.17) is 24.2 Å². The molecule has 0 amide bonds. The van der Waals surface area contributed by atoms with Gasteiger partial charge in [0.25, 0.3) is 0 Å². The maximum Gasteiger partial charge on any atom is 0.431 e. The van der Waals surface area contributed by atoms with Crippen LogP contribution < -0.4 is 29.9 Å². The van der Waals surface area contributed by atoms with Gasteiger partial charge in [-0.25, -0.2) is 15.0 Å². The van der Waals surface area contributed by atoms with Crippen molar-refractivity contribution in [3.8, 4) is 17.2 Å². The van der Waals surface area contributed by atoms with Gasteiger partial charge in [0.1, 0.15) is 29.3 Å². The van der Waals surface area contributed by atoms with E-state index in [1.807, 2.05) is 77.4 Å². The Balaban J connectivity index is 1.36. The molecule has 3 heterocycles. The summed E-state index contributed by atoms with van der Waals surface area (Å²) in [6.07, 6.45) is -3.22. The third kappa shape index (κ3) is 7.35. The van der Waals surface area contributed by atoms with Crippen molar-refractivity contribution < 1.29 is 27.4 Å². The van der Waals surface area contributed by atoms with Crippen LogP contribution in [0.2, 0.25) is 0 Å². The molecule has 0 fully saturated rings. The van der Waals surface area contributed by atoms with Crippen LogP contribution in [-0.2, 0) is 32.9 Å². The first-order valence-electron chi connectivity index (χ1n) is 16.9. The van der Waals surface area contributed by atoms with Crippen molar-refractivity contribution in [2.75, 3.05) is 31.5 Å². The average molecular weight is 736 g/mol. The lowest BCUT2D eigenvalue weighted by atomic mass is 10.1. The number of nitrogens with zero attached hydrogens (tertiary/aromatic N) is 6. The standard InChI is InChI=1S/C40H36F3N7O4/c1-48-33-19-28(11-18-32(33)34(51)20-35(48)40(41,42)43)46-39-47-36-37(44-24-45-38(36)50(39)23-27-9-16-31(54-4)17-10-27)49(21-25-5-12-29(52-2)13-6-25)22-26-7-14-30(53-3)15-8-26/h5-20,24H,21-23H2,1-4H3,(H,46,47). The third-order valence-corrected chi connectivity index (χ3v) is 9.18. The Labute approximate surface area is 308 Å². The van der Waals surface area contributed by atoms with Crippen molar-refractivity contribution >= 4 is 39.5 Å². The highest BCUT2D eigenvalue weighted by molar-refractivity contribution is 5.88. The number of hydrogen-bond acceptors (Lipinski definition) is 9. The third-order valence-electron chi connectivity index (χ3n) is 9.18. The van der Waals surface area contributed by atoms with Gasteiger partial charge in [-0.2, -0.15) is 13.2 Å². The number of ether oxygens (including phenoxy) is 3. The van der Waals surface area contributed by atoms with E-state index in [0.717, 1.165) is 32.8 Å². The summed E-state index contributed by atoms with van der Waals surface area (Å²) in [6.45, 7) is 1.27. The highest BCUT2D eigenvalue weighted by Gasteiger charge is 2.34. The van der Waals surface area contributed by atoms with Crippen LogP contribution in [0.5, 0.6) is 17.2 Å². The number of pyridine rings is 1. The molecule has 0 spiro atoms. The van der Waals surface area contributed by atoms with Gasteiger partial charge >= 0.3 is 6.18 Å². The van der Waals surface area contributed by atoms with Crippen LogP contribution in [0, 0.1) is 0 Å². The molecule has 0 radical (unpaired) electrons. The zero-order valence-electron chi connectivity index (χ0n) is 29.9. The van der Waals surface area contributed by atoms with E-state index in [-0.39, 0.29) is 10.9 Å². The lowest BCUT2D eigenvalue weighted by Gasteiger charge is -2.24. The minimum Gasteiger partial charge on any atom is -0.497 e. The van der Waals surface area contributed by atoms with Gasteiger partial charge in [0.05, 0.1) is 33.4 Å². The van der Waals surface area contributed by atoms with E-state index in [1.165, 1.54) is 25.5 Å². The van der Waals surface area contributed by atoms with Crippen molar-refractivity contribution in [2.45, 2.75) is 25.8 Å². The Hall–Kier alpha value is -6.57. The van der Waals surface area contributed by atoms with Crippen molar-refractivity contribution in [3.05, 3.63) is 136 Å². The first-order chi connectivity index (χ1) is 26.0. The molecule has 7 rings (SSSR count). The molecule has 0 saturated carbocycles. The van der Waals surface area contributed by atoms with E-state index in [1.54, 1.807) is 27.4 Å². The first-order valence-corrected chi connectivity index (χ1v) is 16.9. The second-order valence-corrected chi connectivity index (χ2v) is 12.6. The second kappa shape index (κ2) is 14.8. The van der Waals surface area contributed by atoms with Gasteiger partial charge in [-0.05, 0) is 71.3 Å². The molecule has 14 heteroatoms. The maximum atomic E-state index is 13.9. The van der Waals surface area contributed by atoms with E-state index < -0.39 is 17.3 Å². The van der Waals surface area contributed by atoms with Gasteiger partial charge in [0.2, 0.25) is 5.95 Å². The molecule has 0 aliphatic rings. The fourth-order valence-corrected chi connectivity index (χ4v) is 6.35. The van der Waals surface area contributed by atoms with E-state index in [9.17, 15) is 18.0 Å². The summed E-state index contributed by atoms with van der Waals surface area (Å²) >= 11 is 0. The van der Waals surface area contributed by atoms with Crippen LogP contribution in [-0.4, -0.2) is 45.4 Å². The van der Waals surface area contributed by atoms with Crippen molar-refractivity contribution in [1.29, 1.82) is 0 Å². The Morgan fingerprint density at radius 3 is 1.83 bits per heavy atom. The smallest absolute Gasteiger partial charge is 0.431 e. The lowest BCUT2D eigenvalue weighted by molar-refractivity contribution is -0.143. The molecule has 4 aromatic carbocycles. The van der Waals surface area contributed by atoms with Crippen molar-refractivity contribution in [3.63, 3.8) is 0 Å². The Morgan fingerprint density at radius 2 is 1.30 bits per heavy atom. The zero-order chi connectivity index (χ0) is 38.0. The molecule has 0 bridgehead atoms. The minimum absolute atomic E-state index is 0.114. The topological polar surface area (TPSA) is 109 Å². The quantitative estimate of drug-likeness (QED) is 0.135. The van der Waals surface area contributed by atoms with Gasteiger partial charge < -0.3 is 29.0 Å². The normalized spacial score (nSPS) is 11.5. The summed E-state index contributed by atoms with van der Waals surface area (Å²) in [5.41, 5.74) is 2.74. The molecule has 7 aromatic rings. The summed E-state index contributed by atoms with van der Waals surface area (Å²) in [4.78, 5) is 29.3. The number of anilines is 3. The van der Waals surface area contributed by atoms with Crippen molar-refractivity contribution in [2.24, 2.45) is 7.05 Å². The molecule has 3 aromatic heterocycles. The van der Waals surface area contributed by atoms with Crippen LogP contribution in [0.25, 0.3) is 22.1 Å². The molecule has 0 saturated heterocycles. The lowest BCUT2D eigenvalue weighted by Crippen LogP contribution is -2.23. The number of methoxy groups -OCH3 is 3. The van der Waals surface area contributed by atoms with Gasteiger partial charge in [-0.3, -0.25) is 9.36 Å². The number of aryl methyl sites for hydroxylation is 1. The monoisotopic (exact) mass is 735 g/mol. The molecular weight excluding hydrogens is 699 g/mol. The SMILES string of the molecule is COc1ccc(CN(Cc2ccc(OC)cc2)c2ncnc3c2nc(Nc2ccc4c(=O)cc(C(F)(F)F)n(C)c4c2)n3Cc2ccc(OC)cc2)cc1. The average Bonchev–Trinajstić information content (AvgIpc) is 3.52. The predicted molar refractivity (Wildman–Crippen MR) is 201 cm³/mol. The number of benzene rings is 4. The van der Waals surface area contributed by atoms with Gasteiger partial charge in [0, 0.05) is 37.3 Å². The number of rotatable bonds is 12. The number of imidazole rings is 1. The highest BCUT2D eigenvalue weighted by atomic mass is 19.4. The van der Waals surface area contributed by atoms with E-state index >= 15 is 0 Å². The molecule has 0 aliphatic heterocycles.